The number of aliphatic imine (C=N–C) groups is 1. The summed E-state index contributed by atoms with van der Waals surface area (Å²) in [6.07, 6.45) is 15.0. The van der Waals surface area contributed by atoms with Crippen molar-refractivity contribution in [2.24, 2.45) is 10.7 Å². The van der Waals surface area contributed by atoms with Crippen LogP contribution in [0, 0.1) is 0 Å². The summed E-state index contributed by atoms with van der Waals surface area (Å²) in [5.41, 5.74) is 7.78. The molecule has 0 saturated carbocycles. The second-order valence-corrected chi connectivity index (χ2v) is 8.88. The molecule has 0 aliphatic heterocycles. The van der Waals surface area contributed by atoms with Crippen LogP contribution in [0.3, 0.4) is 0 Å². The lowest BCUT2D eigenvalue weighted by Crippen LogP contribution is -2.21. The minimum absolute atomic E-state index is 0.334. The number of nitrogens with zero attached hydrogens (tertiary/aromatic N) is 1. The zero-order valence-corrected chi connectivity index (χ0v) is 21.4. The first-order chi connectivity index (χ1) is 16.7. The summed E-state index contributed by atoms with van der Waals surface area (Å²) in [7, 11) is 0. The van der Waals surface area contributed by atoms with Crippen molar-refractivity contribution in [3.05, 3.63) is 48.5 Å². The van der Waals surface area contributed by atoms with Crippen LogP contribution in [0.5, 0.6) is 11.5 Å². The molecular weight excluding hydrogens is 422 g/mol. The molecule has 0 amide bonds. The Balaban J connectivity index is 1.75. The average molecular weight is 468 g/mol. The molecule has 5 nitrogen and oxygen atoms in total. The smallest absolute Gasteiger partial charge is 0.198 e. The van der Waals surface area contributed by atoms with Crippen molar-refractivity contribution < 1.29 is 9.47 Å². The third kappa shape index (κ3) is 12.5. The van der Waals surface area contributed by atoms with Crippen molar-refractivity contribution in [3.63, 3.8) is 0 Å². The van der Waals surface area contributed by atoms with E-state index in [0.717, 1.165) is 48.9 Å². The van der Waals surface area contributed by atoms with Crippen LogP contribution in [0.2, 0.25) is 0 Å². The highest BCUT2D eigenvalue weighted by Crippen LogP contribution is 2.22. The van der Waals surface area contributed by atoms with Crippen LogP contribution in [0.1, 0.15) is 90.9 Å². The van der Waals surface area contributed by atoms with Gasteiger partial charge in [0.25, 0.3) is 0 Å². The first-order valence-electron chi connectivity index (χ1n) is 13.3. The van der Waals surface area contributed by atoms with E-state index in [9.17, 15) is 0 Å². The Hall–Kier alpha value is -2.69. The van der Waals surface area contributed by atoms with Gasteiger partial charge in [0.2, 0.25) is 0 Å². The fourth-order valence-electron chi connectivity index (χ4n) is 3.77. The number of nitrogens with two attached hydrogens (primary N) is 1. The van der Waals surface area contributed by atoms with Gasteiger partial charge in [-0.15, -0.1) is 0 Å². The largest absolute Gasteiger partial charge is 0.494 e. The third-order valence-electron chi connectivity index (χ3n) is 5.71. The summed E-state index contributed by atoms with van der Waals surface area (Å²) in [5, 5.41) is 3.16. The van der Waals surface area contributed by atoms with E-state index in [1.165, 1.54) is 64.2 Å². The molecule has 0 atom stereocenters. The number of benzene rings is 2. The molecule has 2 aromatic carbocycles. The number of rotatable bonds is 18. The SMILES string of the molecule is CCCCCCCCOc1cccc(N=C(N)Nc2cccc(OCCCCCCCC)c2)c1. The molecule has 5 heteroatoms. The van der Waals surface area contributed by atoms with Crippen molar-refractivity contribution >= 4 is 17.3 Å². The molecule has 2 aromatic rings. The van der Waals surface area contributed by atoms with Crippen LogP contribution in [0.15, 0.2) is 53.5 Å². The molecule has 0 bridgehead atoms. The van der Waals surface area contributed by atoms with E-state index < -0.39 is 0 Å². The number of unbranched alkanes of at least 4 members (excludes halogenated alkanes) is 10. The van der Waals surface area contributed by atoms with Crippen LogP contribution in [0.25, 0.3) is 0 Å². The lowest BCUT2D eigenvalue weighted by Gasteiger charge is -2.10. The predicted octanol–water partition coefficient (Wildman–Crippen LogP) is 8.22. The van der Waals surface area contributed by atoms with Gasteiger partial charge in [-0.25, -0.2) is 4.99 Å². The van der Waals surface area contributed by atoms with Crippen molar-refractivity contribution in [2.75, 3.05) is 18.5 Å². The highest BCUT2D eigenvalue weighted by atomic mass is 16.5. The number of ether oxygens (including phenoxy) is 2. The van der Waals surface area contributed by atoms with Gasteiger partial charge in [-0.05, 0) is 37.1 Å². The van der Waals surface area contributed by atoms with Crippen LogP contribution < -0.4 is 20.5 Å². The molecule has 0 fully saturated rings. The molecule has 0 aliphatic carbocycles. The van der Waals surface area contributed by atoms with Crippen molar-refractivity contribution in [1.82, 2.24) is 0 Å². The Bertz CT molecular complexity index is 823. The fraction of sp³-hybridized carbons (Fsp3) is 0.552. The van der Waals surface area contributed by atoms with E-state index in [1.807, 2.05) is 48.5 Å². The maximum Gasteiger partial charge on any atom is 0.198 e. The van der Waals surface area contributed by atoms with Crippen molar-refractivity contribution in [3.8, 4) is 11.5 Å². The average Bonchev–Trinajstić information content (AvgIpc) is 2.83. The molecule has 0 spiro atoms. The van der Waals surface area contributed by atoms with Gasteiger partial charge in [0.1, 0.15) is 11.5 Å². The predicted molar refractivity (Wildman–Crippen MR) is 146 cm³/mol. The molecule has 2 rings (SSSR count). The molecule has 34 heavy (non-hydrogen) atoms. The molecule has 0 saturated heterocycles. The van der Waals surface area contributed by atoms with Gasteiger partial charge in [-0.2, -0.15) is 0 Å². The normalized spacial score (nSPS) is 11.4. The summed E-state index contributed by atoms with van der Waals surface area (Å²) in [4.78, 5) is 4.50. The maximum atomic E-state index is 6.15. The van der Waals surface area contributed by atoms with Gasteiger partial charge in [0.15, 0.2) is 5.96 Å². The molecule has 0 aromatic heterocycles. The standard InChI is InChI=1S/C29H45N3O2/c1-3-5-7-9-11-13-21-33-27-19-15-17-25(23-27)31-29(30)32-26-18-16-20-28(24-26)34-22-14-12-10-8-6-4-2/h15-20,23-24H,3-14,21-22H2,1-2H3,(H3,30,31,32). The van der Waals surface area contributed by atoms with E-state index in [4.69, 9.17) is 15.2 Å². The summed E-state index contributed by atoms with van der Waals surface area (Å²) < 4.78 is 11.8. The molecule has 3 N–H and O–H groups in total. The second kappa shape index (κ2) is 17.7. The Kier molecular flexibility index (Phi) is 14.4. The lowest BCUT2D eigenvalue weighted by atomic mass is 10.1. The highest BCUT2D eigenvalue weighted by Gasteiger charge is 2.01. The first kappa shape index (κ1) is 27.6. The van der Waals surface area contributed by atoms with Crippen LogP contribution in [-0.4, -0.2) is 19.2 Å². The molecule has 0 aliphatic rings. The number of hydrogen-bond donors (Lipinski definition) is 2. The van der Waals surface area contributed by atoms with Gasteiger partial charge in [0.05, 0.1) is 18.9 Å². The quantitative estimate of drug-likeness (QED) is 0.132. The number of nitrogens with one attached hydrogen (secondary N) is 1. The Morgan fingerprint density at radius 2 is 1.24 bits per heavy atom. The Morgan fingerprint density at radius 3 is 1.85 bits per heavy atom. The Labute approximate surface area is 207 Å². The minimum atomic E-state index is 0.334. The molecule has 0 unspecified atom stereocenters. The van der Waals surface area contributed by atoms with Gasteiger partial charge in [0, 0.05) is 17.8 Å². The molecule has 0 radical (unpaired) electrons. The molecule has 188 valence electrons. The maximum absolute atomic E-state index is 6.15. The third-order valence-corrected chi connectivity index (χ3v) is 5.71. The first-order valence-corrected chi connectivity index (χ1v) is 13.3. The van der Waals surface area contributed by atoms with Gasteiger partial charge >= 0.3 is 0 Å². The zero-order valence-electron chi connectivity index (χ0n) is 21.4. The second-order valence-electron chi connectivity index (χ2n) is 8.88. The van der Waals surface area contributed by atoms with Gasteiger partial charge in [-0.3, -0.25) is 0 Å². The van der Waals surface area contributed by atoms with E-state index in [1.54, 1.807) is 0 Å². The zero-order chi connectivity index (χ0) is 24.3. The molecule has 0 heterocycles. The summed E-state index contributed by atoms with van der Waals surface area (Å²) in [5.74, 6) is 2.00. The summed E-state index contributed by atoms with van der Waals surface area (Å²) in [6.45, 7) is 5.96. The van der Waals surface area contributed by atoms with Crippen LogP contribution >= 0.6 is 0 Å². The topological polar surface area (TPSA) is 68.9 Å². The van der Waals surface area contributed by atoms with Gasteiger partial charge < -0.3 is 20.5 Å². The van der Waals surface area contributed by atoms with Crippen LogP contribution in [0.4, 0.5) is 11.4 Å². The van der Waals surface area contributed by atoms with Crippen LogP contribution in [-0.2, 0) is 0 Å². The Morgan fingerprint density at radius 1 is 0.706 bits per heavy atom. The fourth-order valence-corrected chi connectivity index (χ4v) is 3.77. The highest BCUT2D eigenvalue weighted by molar-refractivity contribution is 5.94. The summed E-state index contributed by atoms with van der Waals surface area (Å²) >= 11 is 0. The van der Waals surface area contributed by atoms with E-state index in [-0.39, 0.29) is 0 Å². The van der Waals surface area contributed by atoms with Crippen molar-refractivity contribution in [1.29, 1.82) is 0 Å². The van der Waals surface area contributed by atoms with E-state index >= 15 is 0 Å². The van der Waals surface area contributed by atoms with Gasteiger partial charge in [-0.1, -0.05) is 90.2 Å². The summed E-state index contributed by atoms with van der Waals surface area (Å²) in [6, 6.07) is 15.6. The lowest BCUT2D eigenvalue weighted by molar-refractivity contribution is 0.304. The van der Waals surface area contributed by atoms with Crippen molar-refractivity contribution in [2.45, 2.75) is 90.9 Å². The van der Waals surface area contributed by atoms with E-state index in [0.29, 0.717) is 5.96 Å². The van der Waals surface area contributed by atoms with E-state index in [2.05, 4.69) is 24.2 Å². The number of hydrogen-bond acceptors (Lipinski definition) is 3. The molecular formula is C29H45N3O2. The minimum Gasteiger partial charge on any atom is -0.494 e. The number of guanidine groups is 1. The number of anilines is 1. The monoisotopic (exact) mass is 467 g/mol.